The fraction of sp³-hybridized carbons (Fsp3) is 0.286. The zero-order chi connectivity index (χ0) is 20.4. The topological polar surface area (TPSA) is 66.5 Å². The Bertz CT molecular complexity index is 918. The number of fused-ring (bicyclic) bond motifs is 1. The van der Waals surface area contributed by atoms with Gasteiger partial charge in [0.25, 0.3) is 11.8 Å². The van der Waals surface area contributed by atoms with Gasteiger partial charge in [-0.3, -0.25) is 19.3 Å². The first-order chi connectivity index (χ1) is 13.3. The van der Waals surface area contributed by atoms with Crippen LogP contribution in [0.2, 0.25) is 10.0 Å². The van der Waals surface area contributed by atoms with Crippen LogP contribution in [-0.2, 0) is 4.79 Å². The van der Waals surface area contributed by atoms with Crippen molar-refractivity contribution < 1.29 is 14.4 Å². The van der Waals surface area contributed by atoms with Gasteiger partial charge in [-0.1, -0.05) is 61.2 Å². The van der Waals surface area contributed by atoms with Crippen molar-refractivity contribution in [2.75, 3.05) is 5.32 Å². The number of aryl methyl sites for hydroxylation is 1. The van der Waals surface area contributed by atoms with Crippen LogP contribution in [0, 0.1) is 6.92 Å². The van der Waals surface area contributed by atoms with E-state index in [0.29, 0.717) is 18.5 Å². The van der Waals surface area contributed by atoms with Crippen LogP contribution in [0.3, 0.4) is 0 Å². The van der Waals surface area contributed by atoms with E-state index in [1.807, 2.05) is 32.0 Å². The summed E-state index contributed by atoms with van der Waals surface area (Å²) in [6.07, 6.45) is 1.90. The van der Waals surface area contributed by atoms with Gasteiger partial charge < -0.3 is 5.32 Å². The van der Waals surface area contributed by atoms with Crippen LogP contribution in [0.5, 0.6) is 0 Å². The van der Waals surface area contributed by atoms with Gasteiger partial charge in [0.05, 0.1) is 21.2 Å². The molecule has 1 N–H and O–H groups in total. The van der Waals surface area contributed by atoms with Gasteiger partial charge in [-0.2, -0.15) is 0 Å². The van der Waals surface area contributed by atoms with Crippen LogP contribution in [-0.4, -0.2) is 28.7 Å². The highest BCUT2D eigenvalue weighted by Crippen LogP contribution is 2.33. The lowest BCUT2D eigenvalue weighted by Crippen LogP contribution is -2.47. The minimum Gasteiger partial charge on any atom is -0.324 e. The average Bonchev–Trinajstić information content (AvgIpc) is 2.89. The number of imide groups is 1. The maximum absolute atomic E-state index is 13.0. The molecule has 0 saturated heterocycles. The van der Waals surface area contributed by atoms with Gasteiger partial charge in [0, 0.05) is 5.69 Å². The first-order valence-electron chi connectivity index (χ1n) is 9.08. The van der Waals surface area contributed by atoms with Crippen LogP contribution >= 0.6 is 23.2 Å². The van der Waals surface area contributed by atoms with E-state index in [9.17, 15) is 14.4 Å². The third-order valence-electron chi connectivity index (χ3n) is 4.81. The van der Waals surface area contributed by atoms with E-state index < -0.39 is 23.8 Å². The van der Waals surface area contributed by atoms with Gasteiger partial charge in [-0.15, -0.1) is 0 Å². The first-order valence-corrected chi connectivity index (χ1v) is 9.84. The molecule has 2 aromatic carbocycles. The van der Waals surface area contributed by atoms with E-state index in [-0.39, 0.29) is 21.2 Å². The van der Waals surface area contributed by atoms with Crippen molar-refractivity contribution >= 4 is 46.6 Å². The molecule has 7 heteroatoms. The molecular weight excluding hydrogens is 399 g/mol. The number of carbonyl (C=O) groups is 3. The third-order valence-corrected chi connectivity index (χ3v) is 5.53. The highest BCUT2D eigenvalue weighted by atomic mass is 35.5. The van der Waals surface area contributed by atoms with Gasteiger partial charge in [-0.25, -0.2) is 0 Å². The quantitative estimate of drug-likeness (QED) is 0.663. The van der Waals surface area contributed by atoms with Gasteiger partial charge in [0.2, 0.25) is 5.91 Å². The SMILES string of the molecule is CCCC[C@@H](C(=O)Nc1ccccc1C)N1C(=O)c2cc(Cl)c(Cl)cc2C1=O. The number of benzene rings is 2. The summed E-state index contributed by atoms with van der Waals surface area (Å²) in [4.78, 5) is 39.9. The molecule has 0 spiro atoms. The van der Waals surface area contributed by atoms with E-state index in [0.717, 1.165) is 16.9 Å². The van der Waals surface area contributed by atoms with Crippen molar-refractivity contribution in [3.05, 3.63) is 63.1 Å². The first kappa shape index (κ1) is 20.4. The second-order valence-corrected chi connectivity index (χ2v) is 7.57. The Morgan fingerprint density at radius 2 is 1.64 bits per heavy atom. The Labute approximate surface area is 173 Å². The smallest absolute Gasteiger partial charge is 0.262 e. The number of halogens is 2. The molecule has 146 valence electrons. The predicted octanol–water partition coefficient (Wildman–Crippen LogP) is 5.10. The van der Waals surface area contributed by atoms with E-state index in [2.05, 4.69) is 5.32 Å². The van der Waals surface area contributed by atoms with Crippen LogP contribution in [0.4, 0.5) is 5.69 Å². The number of amides is 3. The van der Waals surface area contributed by atoms with Crippen molar-refractivity contribution in [3.8, 4) is 0 Å². The maximum atomic E-state index is 13.0. The number of nitrogens with zero attached hydrogens (tertiary/aromatic N) is 1. The molecule has 0 radical (unpaired) electrons. The normalized spacial score (nSPS) is 14.2. The minimum absolute atomic E-state index is 0.171. The standard InChI is InChI=1S/C21H20Cl2N2O3/c1-3-4-9-18(19(26)24-17-8-6-5-7-12(17)2)25-20(27)13-10-15(22)16(23)11-14(13)21(25)28/h5-8,10-11,18H,3-4,9H2,1-2H3,(H,24,26)/t18-/m0/s1. The second kappa shape index (κ2) is 8.33. The minimum atomic E-state index is -0.912. The molecule has 1 aliphatic heterocycles. The van der Waals surface area contributed by atoms with Crippen LogP contribution in [0.1, 0.15) is 52.5 Å². The van der Waals surface area contributed by atoms with Crippen LogP contribution < -0.4 is 5.32 Å². The van der Waals surface area contributed by atoms with Crippen molar-refractivity contribution in [3.63, 3.8) is 0 Å². The summed E-state index contributed by atoms with van der Waals surface area (Å²) in [5.41, 5.74) is 1.89. The monoisotopic (exact) mass is 418 g/mol. The second-order valence-electron chi connectivity index (χ2n) is 6.75. The fourth-order valence-electron chi connectivity index (χ4n) is 3.24. The van der Waals surface area contributed by atoms with Crippen molar-refractivity contribution in [2.45, 2.75) is 39.2 Å². The van der Waals surface area contributed by atoms with Crippen LogP contribution in [0.25, 0.3) is 0 Å². The lowest BCUT2D eigenvalue weighted by molar-refractivity contribution is -0.120. The Hall–Kier alpha value is -2.37. The van der Waals surface area contributed by atoms with Gasteiger partial charge in [0.1, 0.15) is 6.04 Å². The lowest BCUT2D eigenvalue weighted by atomic mass is 10.1. The highest BCUT2D eigenvalue weighted by Gasteiger charge is 2.43. The molecule has 0 aromatic heterocycles. The summed E-state index contributed by atoms with van der Waals surface area (Å²) in [5.74, 6) is -1.45. The Balaban J connectivity index is 1.93. The highest BCUT2D eigenvalue weighted by molar-refractivity contribution is 6.43. The molecule has 1 aliphatic rings. The molecule has 3 amide bonds. The Morgan fingerprint density at radius 3 is 2.18 bits per heavy atom. The number of carbonyl (C=O) groups excluding carboxylic acids is 3. The predicted molar refractivity (Wildman–Crippen MR) is 110 cm³/mol. The lowest BCUT2D eigenvalue weighted by Gasteiger charge is -2.25. The number of para-hydroxylation sites is 1. The van der Waals surface area contributed by atoms with E-state index in [1.54, 1.807) is 6.07 Å². The molecule has 2 aromatic rings. The largest absolute Gasteiger partial charge is 0.324 e. The number of anilines is 1. The Morgan fingerprint density at radius 1 is 1.07 bits per heavy atom. The summed E-state index contributed by atoms with van der Waals surface area (Å²) in [5, 5.41) is 3.23. The molecular formula is C21H20Cl2N2O3. The number of hydrogen-bond acceptors (Lipinski definition) is 3. The van der Waals surface area contributed by atoms with E-state index in [4.69, 9.17) is 23.2 Å². The molecule has 0 aliphatic carbocycles. The summed E-state index contributed by atoms with van der Waals surface area (Å²) in [6.45, 7) is 3.86. The molecule has 0 unspecified atom stereocenters. The third kappa shape index (κ3) is 3.77. The number of unbranched alkanes of at least 4 members (excludes halogenated alkanes) is 1. The van der Waals surface area contributed by atoms with Crippen molar-refractivity contribution in [1.82, 2.24) is 4.90 Å². The van der Waals surface area contributed by atoms with Gasteiger partial charge in [0.15, 0.2) is 0 Å². The molecule has 1 heterocycles. The average molecular weight is 419 g/mol. The molecule has 5 nitrogen and oxygen atoms in total. The summed E-state index contributed by atoms with van der Waals surface area (Å²) in [6, 6.07) is 9.21. The molecule has 1 atom stereocenters. The van der Waals surface area contributed by atoms with E-state index in [1.165, 1.54) is 12.1 Å². The summed E-state index contributed by atoms with van der Waals surface area (Å²) in [7, 11) is 0. The van der Waals surface area contributed by atoms with Crippen molar-refractivity contribution in [2.24, 2.45) is 0 Å². The molecule has 0 saturated carbocycles. The molecule has 0 fully saturated rings. The van der Waals surface area contributed by atoms with Crippen molar-refractivity contribution in [1.29, 1.82) is 0 Å². The van der Waals surface area contributed by atoms with Crippen LogP contribution in [0.15, 0.2) is 36.4 Å². The number of nitrogens with one attached hydrogen (secondary N) is 1. The molecule has 0 bridgehead atoms. The van der Waals surface area contributed by atoms with Gasteiger partial charge >= 0.3 is 0 Å². The van der Waals surface area contributed by atoms with E-state index >= 15 is 0 Å². The fourth-order valence-corrected chi connectivity index (χ4v) is 3.57. The Kier molecular flexibility index (Phi) is 6.06. The molecule has 28 heavy (non-hydrogen) atoms. The zero-order valence-corrected chi connectivity index (χ0v) is 17.1. The molecule has 3 rings (SSSR count). The van der Waals surface area contributed by atoms with Gasteiger partial charge in [-0.05, 0) is 37.1 Å². The maximum Gasteiger partial charge on any atom is 0.262 e. The number of rotatable bonds is 6. The number of hydrogen-bond donors (Lipinski definition) is 1. The zero-order valence-electron chi connectivity index (χ0n) is 15.6. The summed E-state index contributed by atoms with van der Waals surface area (Å²) >= 11 is 12.0. The summed E-state index contributed by atoms with van der Waals surface area (Å²) < 4.78 is 0.